The predicted octanol–water partition coefficient (Wildman–Crippen LogP) is 4.59. The second-order valence-corrected chi connectivity index (χ2v) is 6.70. The standard InChI is InChI=1S/C21H15N3O7/c1-30-20-10-15-14-4-2-3-5-18(14)31-19(15)11-16(20)22-21(25)8-12-6-7-13(23(26)27)9-17(12)24(28)29/h2-7,9-11H,8H2,1H3,(H,22,25). The Hall–Kier alpha value is -4.47. The van der Waals surface area contributed by atoms with Crippen molar-refractivity contribution in [1.82, 2.24) is 0 Å². The molecule has 10 nitrogen and oxygen atoms in total. The number of hydrogen-bond donors (Lipinski definition) is 1. The molecule has 3 aromatic carbocycles. The molecule has 0 unspecified atom stereocenters. The zero-order valence-corrected chi connectivity index (χ0v) is 16.2. The van der Waals surface area contributed by atoms with E-state index >= 15 is 0 Å². The van der Waals surface area contributed by atoms with E-state index in [9.17, 15) is 25.0 Å². The third-order valence-electron chi connectivity index (χ3n) is 4.80. The molecule has 10 heteroatoms. The Morgan fingerprint density at radius 3 is 2.48 bits per heavy atom. The van der Waals surface area contributed by atoms with Crippen molar-refractivity contribution in [2.45, 2.75) is 6.42 Å². The van der Waals surface area contributed by atoms with E-state index in [1.54, 1.807) is 12.1 Å². The molecule has 4 aromatic rings. The molecule has 0 aliphatic carbocycles. The van der Waals surface area contributed by atoms with E-state index in [4.69, 9.17) is 9.15 Å². The van der Waals surface area contributed by atoms with Crippen molar-refractivity contribution in [1.29, 1.82) is 0 Å². The Balaban J connectivity index is 1.65. The molecule has 0 saturated carbocycles. The van der Waals surface area contributed by atoms with E-state index in [0.29, 0.717) is 22.6 Å². The van der Waals surface area contributed by atoms with Crippen LogP contribution in [0.2, 0.25) is 0 Å². The fourth-order valence-electron chi connectivity index (χ4n) is 3.37. The average Bonchev–Trinajstić information content (AvgIpc) is 3.10. The van der Waals surface area contributed by atoms with Crippen LogP contribution in [-0.4, -0.2) is 22.9 Å². The van der Waals surface area contributed by atoms with Crippen LogP contribution in [0.15, 0.2) is 59.0 Å². The molecule has 1 heterocycles. The minimum absolute atomic E-state index is 0.0527. The number of methoxy groups -OCH3 is 1. The number of anilines is 1. The maximum atomic E-state index is 12.6. The number of rotatable bonds is 6. The number of ether oxygens (including phenoxy) is 1. The molecule has 1 N–H and O–H groups in total. The van der Waals surface area contributed by atoms with Crippen LogP contribution in [0.1, 0.15) is 5.56 Å². The fourth-order valence-corrected chi connectivity index (χ4v) is 3.37. The van der Waals surface area contributed by atoms with Crippen molar-refractivity contribution < 1.29 is 23.8 Å². The lowest BCUT2D eigenvalue weighted by Crippen LogP contribution is -2.16. The minimum Gasteiger partial charge on any atom is -0.495 e. The van der Waals surface area contributed by atoms with Gasteiger partial charge in [-0.15, -0.1) is 0 Å². The second kappa shape index (κ2) is 7.75. The highest BCUT2D eigenvalue weighted by molar-refractivity contribution is 6.07. The molecule has 4 rings (SSSR count). The van der Waals surface area contributed by atoms with Crippen molar-refractivity contribution >= 4 is 44.9 Å². The van der Waals surface area contributed by atoms with E-state index in [2.05, 4.69) is 5.32 Å². The zero-order chi connectivity index (χ0) is 22.1. The van der Waals surface area contributed by atoms with Crippen molar-refractivity contribution in [3.8, 4) is 5.75 Å². The van der Waals surface area contributed by atoms with Crippen molar-refractivity contribution in [3.63, 3.8) is 0 Å². The van der Waals surface area contributed by atoms with Crippen LogP contribution < -0.4 is 10.1 Å². The lowest BCUT2D eigenvalue weighted by Gasteiger charge is -2.10. The van der Waals surface area contributed by atoms with Crippen molar-refractivity contribution in [2.75, 3.05) is 12.4 Å². The number of fused-ring (bicyclic) bond motifs is 3. The van der Waals surface area contributed by atoms with Gasteiger partial charge in [0.25, 0.3) is 11.4 Å². The van der Waals surface area contributed by atoms with Gasteiger partial charge in [-0.1, -0.05) is 18.2 Å². The van der Waals surface area contributed by atoms with Gasteiger partial charge in [0, 0.05) is 28.5 Å². The highest BCUT2D eigenvalue weighted by atomic mass is 16.6. The Kier molecular flexibility index (Phi) is 4.96. The Morgan fingerprint density at radius 2 is 1.77 bits per heavy atom. The summed E-state index contributed by atoms with van der Waals surface area (Å²) in [6, 6.07) is 14.0. The summed E-state index contributed by atoms with van der Waals surface area (Å²) in [5.74, 6) is -0.156. The van der Waals surface area contributed by atoms with E-state index in [1.165, 1.54) is 13.2 Å². The number of furan rings is 1. The zero-order valence-electron chi connectivity index (χ0n) is 16.2. The third kappa shape index (κ3) is 3.73. The van der Waals surface area contributed by atoms with Crippen LogP contribution in [0.5, 0.6) is 5.75 Å². The molecule has 0 bridgehead atoms. The van der Waals surface area contributed by atoms with Gasteiger partial charge < -0.3 is 14.5 Å². The number of benzene rings is 3. The van der Waals surface area contributed by atoms with E-state index in [-0.39, 0.29) is 12.0 Å². The number of amides is 1. The summed E-state index contributed by atoms with van der Waals surface area (Å²) in [7, 11) is 1.46. The lowest BCUT2D eigenvalue weighted by molar-refractivity contribution is -0.394. The number of para-hydroxylation sites is 1. The molecule has 1 aromatic heterocycles. The quantitative estimate of drug-likeness (QED) is 0.355. The number of nitrogens with zero attached hydrogens (tertiary/aromatic N) is 2. The van der Waals surface area contributed by atoms with E-state index < -0.39 is 27.1 Å². The average molecular weight is 421 g/mol. The molecule has 0 saturated heterocycles. The minimum atomic E-state index is -0.753. The smallest absolute Gasteiger partial charge is 0.279 e. The molecular weight excluding hydrogens is 406 g/mol. The number of nitro groups is 2. The molecule has 0 aliphatic rings. The largest absolute Gasteiger partial charge is 0.495 e. The first-order chi connectivity index (χ1) is 14.9. The number of carbonyl (C=O) groups excluding carboxylic acids is 1. The summed E-state index contributed by atoms with van der Waals surface area (Å²) in [6.45, 7) is 0. The summed E-state index contributed by atoms with van der Waals surface area (Å²) in [6.07, 6.45) is -0.352. The summed E-state index contributed by atoms with van der Waals surface area (Å²) >= 11 is 0. The van der Waals surface area contributed by atoms with Gasteiger partial charge in [0.2, 0.25) is 5.91 Å². The molecule has 0 spiro atoms. The molecular formula is C21H15N3O7. The summed E-state index contributed by atoms with van der Waals surface area (Å²) in [5.41, 5.74) is 0.695. The number of hydrogen-bond acceptors (Lipinski definition) is 7. The Bertz CT molecular complexity index is 1360. The maximum absolute atomic E-state index is 12.6. The van der Waals surface area contributed by atoms with Gasteiger partial charge in [-0.05, 0) is 18.2 Å². The van der Waals surface area contributed by atoms with Crippen LogP contribution in [0.25, 0.3) is 21.9 Å². The lowest BCUT2D eigenvalue weighted by atomic mass is 10.1. The third-order valence-corrected chi connectivity index (χ3v) is 4.80. The highest BCUT2D eigenvalue weighted by Gasteiger charge is 2.22. The van der Waals surface area contributed by atoms with Crippen LogP contribution in [0.4, 0.5) is 17.1 Å². The summed E-state index contributed by atoms with van der Waals surface area (Å²) < 4.78 is 11.2. The van der Waals surface area contributed by atoms with E-state index in [1.807, 2.05) is 24.3 Å². The molecule has 1 amide bonds. The van der Waals surface area contributed by atoms with Gasteiger partial charge in [-0.2, -0.15) is 0 Å². The summed E-state index contributed by atoms with van der Waals surface area (Å²) in [5, 5.41) is 26.5. The van der Waals surface area contributed by atoms with Gasteiger partial charge in [0.1, 0.15) is 16.9 Å². The molecule has 0 radical (unpaired) electrons. The molecule has 156 valence electrons. The predicted molar refractivity (Wildman–Crippen MR) is 112 cm³/mol. The first kappa shape index (κ1) is 19.8. The van der Waals surface area contributed by atoms with Crippen LogP contribution in [-0.2, 0) is 11.2 Å². The Labute approximate surface area is 174 Å². The number of non-ortho nitro benzene ring substituents is 1. The van der Waals surface area contributed by atoms with E-state index in [0.717, 1.165) is 22.9 Å². The molecule has 31 heavy (non-hydrogen) atoms. The molecule has 0 fully saturated rings. The van der Waals surface area contributed by atoms with Gasteiger partial charge in [0.05, 0.1) is 35.1 Å². The monoisotopic (exact) mass is 421 g/mol. The normalized spacial score (nSPS) is 10.9. The topological polar surface area (TPSA) is 138 Å². The van der Waals surface area contributed by atoms with Crippen LogP contribution >= 0.6 is 0 Å². The van der Waals surface area contributed by atoms with Crippen molar-refractivity contribution in [3.05, 3.63) is 80.4 Å². The van der Waals surface area contributed by atoms with Gasteiger partial charge in [-0.25, -0.2) is 0 Å². The first-order valence-corrected chi connectivity index (χ1v) is 9.08. The first-order valence-electron chi connectivity index (χ1n) is 9.08. The van der Waals surface area contributed by atoms with Crippen molar-refractivity contribution in [2.24, 2.45) is 0 Å². The van der Waals surface area contributed by atoms with Gasteiger partial charge in [0.15, 0.2) is 0 Å². The Morgan fingerprint density at radius 1 is 1.00 bits per heavy atom. The number of carbonyl (C=O) groups is 1. The fraction of sp³-hybridized carbons (Fsp3) is 0.0952. The van der Waals surface area contributed by atoms with Gasteiger partial charge >= 0.3 is 0 Å². The second-order valence-electron chi connectivity index (χ2n) is 6.70. The highest BCUT2D eigenvalue weighted by Crippen LogP contribution is 2.36. The SMILES string of the molecule is COc1cc2c(cc1NC(=O)Cc1ccc([N+](=O)[O-])cc1[N+](=O)[O-])oc1ccccc12. The maximum Gasteiger partial charge on any atom is 0.279 e. The van der Waals surface area contributed by atoms with Crippen LogP contribution in [0, 0.1) is 20.2 Å². The number of nitrogens with one attached hydrogen (secondary N) is 1. The van der Waals surface area contributed by atoms with Gasteiger partial charge in [-0.3, -0.25) is 25.0 Å². The number of nitro benzene ring substituents is 2. The molecule has 0 atom stereocenters. The van der Waals surface area contributed by atoms with Crippen LogP contribution in [0.3, 0.4) is 0 Å². The molecule has 0 aliphatic heterocycles. The summed E-state index contributed by atoms with van der Waals surface area (Å²) in [4.78, 5) is 33.3.